The number of primary amides is 1. The lowest BCUT2D eigenvalue weighted by molar-refractivity contribution is -0.145. The van der Waals surface area contributed by atoms with Gasteiger partial charge >= 0.3 is 5.97 Å². The Morgan fingerprint density at radius 3 is 1.33 bits per heavy atom. The zero-order valence-corrected chi connectivity index (χ0v) is 6.89. The van der Waals surface area contributed by atoms with E-state index in [0.717, 1.165) is 0 Å². The lowest BCUT2D eigenvalue weighted by atomic mass is 10.4. The zero-order valence-electron chi connectivity index (χ0n) is 6.89. The van der Waals surface area contributed by atoms with Crippen LogP contribution in [0.3, 0.4) is 0 Å². The van der Waals surface area contributed by atoms with Crippen LogP contribution in [0.2, 0.25) is 0 Å². The van der Waals surface area contributed by atoms with Gasteiger partial charge in [-0.3, -0.25) is 4.79 Å². The van der Waals surface area contributed by atoms with Crippen molar-refractivity contribution < 1.29 is 24.9 Å². The molecule has 0 aromatic rings. The van der Waals surface area contributed by atoms with Gasteiger partial charge in [0.05, 0.1) is 0 Å². The fraction of sp³-hybridized carbons (Fsp3) is 0.667. The lowest BCUT2D eigenvalue weighted by Gasteiger charge is -1.90. The molecule has 0 aromatic carbocycles. The molecule has 6 nitrogen and oxygen atoms in total. The van der Waals surface area contributed by atoms with Gasteiger partial charge in [0, 0.05) is 0 Å². The SMILES string of the molecule is CC(O)C(=O)O.CC(O)C(N)=O. The standard InChI is InChI=1S/C3H7NO2.C3H6O3/c1-2(5)3(4)6;1-2(4)3(5)6/h2,5H,1H3,(H2,4,6);2,4H,1H3,(H,5,6). The third kappa shape index (κ3) is 11.6. The molecule has 0 aliphatic heterocycles. The van der Waals surface area contributed by atoms with Crippen molar-refractivity contribution in [3.63, 3.8) is 0 Å². The van der Waals surface area contributed by atoms with E-state index in [2.05, 4.69) is 5.73 Å². The number of aliphatic carboxylic acids is 1. The molecule has 6 heteroatoms. The van der Waals surface area contributed by atoms with Gasteiger partial charge in [-0.2, -0.15) is 0 Å². The van der Waals surface area contributed by atoms with E-state index in [9.17, 15) is 9.59 Å². The molecule has 0 aliphatic carbocycles. The van der Waals surface area contributed by atoms with Crippen molar-refractivity contribution in [1.82, 2.24) is 0 Å². The number of carboxylic acid groups (broad SMARTS) is 1. The Balaban J connectivity index is 0. The van der Waals surface area contributed by atoms with Gasteiger partial charge in [-0.05, 0) is 13.8 Å². The molecule has 0 fully saturated rings. The molecule has 2 atom stereocenters. The predicted molar refractivity (Wildman–Crippen MR) is 40.2 cm³/mol. The minimum Gasteiger partial charge on any atom is -0.479 e. The van der Waals surface area contributed by atoms with Crippen LogP contribution in [-0.4, -0.2) is 39.4 Å². The molecule has 0 bridgehead atoms. The molecule has 0 spiro atoms. The first-order chi connectivity index (χ1) is 5.29. The molecule has 0 saturated heterocycles. The molecular formula is C6H13NO5. The largest absolute Gasteiger partial charge is 0.479 e. The minimum absolute atomic E-state index is 0.685. The first kappa shape index (κ1) is 13.4. The number of hydrogen-bond donors (Lipinski definition) is 4. The average Bonchev–Trinajstić information content (AvgIpc) is 1.88. The topological polar surface area (TPSA) is 121 Å². The normalized spacial score (nSPS) is 13.7. The number of carbonyl (C=O) groups excluding carboxylic acids is 1. The van der Waals surface area contributed by atoms with Crippen LogP contribution in [0.1, 0.15) is 13.8 Å². The van der Waals surface area contributed by atoms with Gasteiger partial charge in [0.15, 0.2) is 0 Å². The van der Waals surface area contributed by atoms with Crippen LogP contribution in [0.25, 0.3) is 0 Å². The molecule has 0 heterocycles. The summed E-state index contributed by atoms with van der Waals surface area (Å²) < 4.78 is 0. The quantitative estimate of drug-likeness (QED) is 0.402. The van der Waals surface area contributed by atoms with E-state index < -0.39 is 24.1 Å². The molecule has 0 aliphatic rings. The first-order valence-electron chi connectivity index (χ1n) is 3.17. The second-order valence-corrected chi connectivity index (χ2v) is 2.09. The Morgan fingerprint density at radius 1 is 1.17 bits per heavy atom. The summed E-state index contributed by atoms with van der Waals surface area (Å²) in [6.07, 6.45) is -2.24. The Morgan fingerprint density at radius 2 is 1.33 bits per heavy atom. The number of rotatable bonds is 2. The summed E-state index contributed by atoms with van der Waals surface area (Å²) in [4.78, 5) is 19.1. The maximum absolute atomic E-state index is 9.67. The summed E-state index contributed by atoms with van der Waals surface area (Å²) in [5, 5.41) is 23.9. The van der Waals surface area contributed by atoms with E-state index >= 15 is 0 Å². The summed E-state index contributed by atoms with van der Waals surface area (Å²) >= 11 is 0. The maximum atomic E-state index is 9.67. The van der Waals surface area contributed by atoms with Crippen molar-refractivity contribution in [2.45, 2.75) is 26.1 Å². The van der Waals surface area contributed by atoms with Crippen LogP contribution in [0, 0.1) is 0 Å². The van der Waals surface area contributed by atoms with Crippen LogP contribution < -0.4 is 5.73 Å². The molecule has 72 valence electrons. The molecular weight excluding hydrogens is 166 g/mol. The van der Waals surface area contributed by atoms with Gasteiger partial charge in [0.2, 0.25) is 5.91 Å². The Labute approximate surface area is 69.6 Å². The first-order valence-corrected chi connectivity index (χ1v) is 3.17. The van der Waals surface area contributed by atoms with Crippen LogP contribution in [-0.2, 0) is 9.59 Å². The van der Waals surface area contributed by atoms with Crippen molar-refractivity contribution in [2.24, 2.45) is 5.73 Å². The van der Waals surface area contributed by atoms with Gasteiger partial charge in [0.25, 0.3) is 0 Å². The van der Waals surface area contributed by atoms with Crippen molar-refractivity contribution >= 4 is 11.9 Å². The summed E-state index contributed by atoms with van der Waals surface area (Å²) in [7, 11) is 0. The summed E-state index contributed by atoms with van der Waals surface area (Å²) in [6.45, 7) is 2.52. The van der Waals surface area contributed by atoms with Gasteiger partial charge in [-0.25, -0.2) is 4.79 Å². The van der Waals surface area contributed by atoms with Crippen molar-refractivity contribution in [2.75, 3.05) is 0 Å². The van der Waals surface area contributed by atoms with Gasteiger partial charge < -0.3 is 21.1 Å². The van der Waals surface area contributed by atoms with E-state index in [4.69, 9.17) is 15.3 Å². The van der Waals surface area contributed by atoms with E-state index in [1.165, 1.54) is 13.8 Å². The number of aliphatic hydroxyl groups excluding tert-OH is 2. The van der Waals surface area contributed by atoms with E-state index in [-0.39, 0.29) is 0 Å². The van der Waals surface area contributed by atoms with E-state index in [1.807, 2.05) is 0 Å². The number of hydrogen-bond acceptors (Lipinski definition) is 4. The molecule has 12 heavy (non-hydrogen) atoms. The average molecular weight is 179 g/mol. The minimum atomic E-state index is -1.23. The smallest absolute Gasteiger partial charge is 0.332 e. The Hall–Kier alpha value is -1.14. The van der Waals surface area contributed by atoms with Crippen molar-refractivity contribution in [3.05, 3.63) is 0 Å². The zero-order chi connectivity index (χ0) is 10.3. The van der Waals surface area contributed by atoms with Crippen LogP contribution >= 0.6 is 0 Å². The molecule has 0 rings (SSSR count). The molecule has 0 aromatic heterocycles. The molecule has 2 unspecified atom stereocenters. The fourth-order valence-corrected chi connectivity index (χ4v) is 0. The van der Waals surface area contributed by atoms with E-state index in [0.29, 0.717) is 0 Å². The Kier molecular flexibility index (Phi) is 7.36. The van der Waals surface area contributed by atoms with Gasteiger partial charge in [0.1, 0.15) is 12.2 Å². The lowest BCUT2D eigenvalue weighted by Crippen LogP contribution is -2.24. The monoisotopic (exact) mass is 179 g/mol. The van der Waals surface area contributed by atoms with Crippen LogP contribution in [0.5, 0.6) is 0 Å². The van der Waals surface area contributed by atoms with Crippen molar-refractivity contribution in [3.8, 4) is 0 Å². The number of amides is 1. The number of nitrogens with two attached hydrogens (primary N) is 1. The molecule has 0 saturated carbocycles. The molecule has 5 N–H and O–H groups in total. The fourth-order valence-electron chi connectivity index (χ4n) is 0. The highest BCUT2D eigenvalue weighted by atomic mass is 16.4. The van der Waals surface area contributed by atoms with Crippen LogP contribution in [0.4, 0.5) is 0 Å². The summed E-state index contributed by atoms with van der Waals surface area (Å²) in [6, 6.07) is 0. The van der Waals surface area contributed by atoms with Gasteiger partial charge in [-0.15, -0.1) is 0 Å². The number of aliphatic hydroxyl groups is 2. The van der Waals surface area contributed by atoms with Crippen molar-refractivity contribution in [1.29, 1.82) is 0 Å². The third-order valence-electron chi connectivity index (χ3n) is 0.769. The number of carbonyl (C=O) groups is 2. The highest BCUT2D eigenvalue weighted by Crippen LogP contribution is 1.73. The highest BCUT2D eigenvalue weighted by Gasteiger charge is 2.01. The second kappa shape index (κ2) is 6.56. The summed E-state index contributed by atoms with van der Waals surface area (Å²) in [5.41, 5.74) is 4.55. The Bertz CT molecular complexity index is 136. The summed E-state index contributed by atoms with van der Waals surface area (Å²) in [5.74, 6) is -1.87. The van der Waals surface area contributed by atoms with Crippen LogP contribution in [0.15, 0.2) is 0 Å². The second-order valence-electron chi connectivity index (χ2n) is 2.09. The molecule has 0 radical (unpaired) electrons. The number of carboxylic acids is 1. The predicted octanol–water partition coefficient (Wildman–Crippen LogP) is -1.70. The van der Waals surface area contributed by atoms with Gasteiger partial charge in [-0.1, -0.05) is 0 Å². The maximum Gasteiger partial charge on any atom is 0.332 e. The van der Waals surface area contributed by atoms with E-state index in [1.54, 1.807) is 0 Å². The highest BCUT2D eigenvalue weighted by molar-refractivity contribution is 5.77. The molecule has 1 amide bonds. The third-order valence-corrected chi connectivity index (χ3v) is 0.769.